The molecule has 15 heavy (non-hydrogen) atoms. The quantitative estimate of drug-likeness (QED) is 0.773. The Bertz CT molecular complexity index is 268. The first kappa shape index (κ1) is 12.1. The third-order valence-electron chi connectivity index (χ3n) is 2.39. The van der Waals surface area contributed by atoms with Crippen LogP contribution in [0.3, 0.4) is 0 Å². The van der Waals surface area contributed by atoms with Crippen LogP contribution in [0.1, 0.15) is 38.8 Å². The van der Waals surface area contributed by atoms with Gasteiger partial charge >= 0.3 is 0 Å². The molecule has 0 aromatic heterocycles. The molecule has 2 nitrogen and oxygen atoms in total. The summed E-state index contributed by atoms with van der Waals surface area (Å²) < 4.78 is 5.40. The highest BCUT2D eigenvalue weighted by molar-refractivity contribution is 5.28. The van der Waals surface area contributed by atoms with Gasteiger partial charge in [0.2, 0.25) is 0 Å². The van der Waals surface area contributed by atoms with E-state index in [0.717, 1.165) is 18.9 Å². The van der Waals surface area contributed by atoms with Crippen molar-refractivity contribution in [1.29, 1.82) is 0 Å². The fraction of sp³-hybridized carbons (Fsp3) is 0.538. The molecule has 1 aromatic rings. The van der Waals surface area contributed by atoms with E-state index in [2.05, 4.69) is 31.3 Å². The molecule has 0 saturated heterocycles. The topological polar surface area (TPSA) is 21.3 Å². The summed E-state index contributed by atoms with van der Waals surface area (Å²) in [7, 11) is 0. The summed E-state index contributed by atoms with van der Waals surface area (Å²) in [5.41, 5.74) is 1.31. The van der Waals surface area contributed by atoms with Crippen molar-refractivity contribution in [3.8, 4) is 5.75 Å². The molecule has 0 heterocycles. The van der Waals surface area contributed by atoms with Crippen molar-refractivity contribution >= 4 is 0 Å². The molecule has 0 unspecified atom stereocenters. The smallest absolute Gasteiger partial charge is 0.119 e. The first-order valence-corrected chi connectivity index (χ1v) is 5.74. The van der Waals surface area contributed by atoms with Gasteiger partial charge < -0.3 is 10.1 Å². The SMILES string of the molecule is CCCN[C@@H](C)c1ccc(OCC)cc1. The fourth-order valence-corrected chi connectivity index (χ4v) is 1.50. The van der Waals surface area contributed by atoms with Crippen molar-refractivity contribution in [3.05, 3.63) is 29.8 Å². The van der Waals surface area contributed by atoms with E-state index in [4.69, 9.17) is 4.74 Å². The van der Waals surface area contributed by atoms with Crippen molar-refractivity contribution in [2.75, 3.05) is 13.2 Å². The molecule has 0 saturated carbocycles. The zero-order chi connectivity index (χ0) is 11.1. The fourth-order valence-electron chi connectivity index (χ4n) is 1.50. The lowest BCUT2D eigenvalue weighted by Gasteiger charge is -2.14. The largest absolute Gasteiger partial charge is 0.494 e. The van der Waals surface area contributed by atoms with E-state index < -0.39 is 0 Å². The van der Waals surface area contributed by atoms with Gasteiger partial charge in [0.1, 0.15) is 5.75 Å². The minimum Gasteiger partial charge on any atom is -0.494 e. The summed E-state index contributed by atoms with van der Waals surface area (Å²) >= 11 is 0. The number of benzene rings is 1. The van der Waals surface area contributed by atoms with Gasteiger partial charge in [0.15, 0.2) is 0 Å². The molecule has 84 valence electrons. The summed E-state index contributed by atoms with van der Waals surface area (Å²) in [6, 6.07) is 8.73. The van der Waals surface area contributed by atoms with Crippen molar-refractivity contribution in [2.24, 2.45) is 0 Å². The predicted octanol–water partition coefficient (Wildman–Crippen LogP) is 3.15. The molecule has 0 aliphatic rings. The number of ether oxygens (including phenoxy) is 1. The maximum atomic E-state index is 5.40. The Morgan fingerprint density at radius 2 is 1.87 bits per heavy atom. The van der Waals surface area contributed by atoms with Crippen LogP contribution in [0.15, 0.2) is 24.3 Å². The standard InChI is InChI=1S/C13H21NO/c1-4-10-14-11(3)12-6-8-13(9-7-12)15-5-2/h6-9,11,14H,4-5,10H2,1-3H3/t11-/m0/s1. The maximum absolute atomic E-state index is 5.40. The van der Waals surface area contributed by atoms with Gasteiger partial charge in [0.25, 0.3) is 0 Å². The third-order valence-corrected chi connectivity index (χ3v) is 2.39. The molecule has 1 atom stereocenters. The van der Waals surface area contributed by atoms with Crippen LogP contribution in [0.2, 0.25) is 0 Å². The zero-order valence-electron chi connectivity index (χ0n) is 9.92. The van der Waals surface area contributed by atoms with Crippen LogP contribution < -0.4 is 10.1 Å². The Labute approximate surface area is 92.6 Å². The molecular formula is C13H21NO. The van der Waals surface area contributed by atoms with Gasteiger partial charge in [-0.25, -0.2) is 0 Å². The van der Waals surface area contributed by atoms with Crippen molar-refractivity contribution < 1.29 is 4.74 Å². The first-order valence-electron chi connectivity index (χ1n) is 5.74. The van der Waals surface area contributed by atoms with Crippen LogP contribution in [-0.2, 0) is 0 Å². The van der Waals surface area contributed by atoms with Gasteiger partial charge in [-0.05, 0) is 44.5 Å². The zero-order valence-corrected chi connectivity index (χ0v) is 9.92. The van der Waals surface area contributed by atoms with Crippen LogP contribution >= 0.6 is 0 Å². The average Bonchev–Trinajstić information content (AvgIpc) is 2.27. The van der Waals surface area contributed by atoms with E-state index in [-0.39, 0.29) is 0 Å². The van der Waals surface area contributed by atoms with Gasteiger partial charge in [0.05, 0.1) is 6.61 Å². The van der Waals surface area contributed by atoms with Gasteiger partial charge in [-0.2, -0.15) is 0 Å². The lowest BCUT2D eigenvalue weighted by Crippen LogP contribution is -2.19. The molecule has 1 N–H and O–H groups in total. The number of rotatable bonds is 6. The molecule has 1 aromatic carbocycles. The predicted molar refractivity (Wildman–Crippen MR) is 64.3 cm³/mol. The maximum Gasteiger partial charge on any atom is 0.119 e. The van der Waals surface area contributed by atoms with E-state index in [1.54, 1.807) is 0 Å². The van der Waals surface area contributed by atoms with Crippen LogP contribution in [0, 0.1) is 0 Å². The molecule has 0 aliphatic carbocycles. The van der Waals surface area contributed by atoms with Gasteiger partial charge in [-0.15, -0.1) is 0 Å². The lowest BCUT2D eigenvalue weighted by molar-refractivity contribution is 0.340. The highest BCUT2D eigenvalue weighted by Crippen LogP contribution is 2.17. The highest BCUT2D eigenvalue weighted by atomic mass is 16.5. The molecule has 0 bridgehead atoms. The Kier molecular flexibility index (Phi) is 5.19. The lowest BCUT2D eigenvalue weighted by atomic mass is 10.1. The Balaban J connectivity index is 2.54. The summed E-state index contributed by atoms with van der Waals surface area (Å²) in [5, 5.41) is 3.46. The first-order chi connectivity index (χ1) is 7.27. The number of nitrogens with one attached hydrogen (secondary N) is 1. The number of hydrogen-bond donors (Lipinski definition) is 1. The average molecular weight is 207 g/mol. The second-order valence-corrected chi connectivity index (χ2v) is 3.68. The molecular weight excluding hydrogens is 186 g/mol. The molecule has 0 spiro atoms. The van der Waals surface area contributed by atoms with Crippen molar-refractivity contribution in [3.63, 3.8) is 0 Å². The Hall–Kier alpha value is -1.02. The monoisotopic (exact) mass is 207 g/mol. The summed E-state index contributed by atoms with van der Waals surface area (Å²) in [6.45, 7) is 8.15. The minimum atomic E-state index is 0.417. The number of hydrogen-bond acceptors (Lipinski definition) is 2. The van der Waals surface area contributed by atoms with E-state index in [0.29, 0.717) is 6.04 Å². The van der Waals surface area contributed by atoms with Crippen LogP contribution in [-0.4, -0.2) is 13.2 Å². The van der Waals surface area contributed by atoms with E-state index in [1.165, 1.54) is 12.0 Å². The molecule has 0 fully saturated rings. The second-order valence-electron chi connectivity index (χ2n) is 3.68. The minimum absolute atomic E-state index is 0.417. The molecule has 0 amide bonds. The summed E-state index contributed by atoms with van der Waals surface area (Å²) in [6.07, 6.45) is 1.17. The van der Waals surface area contributed by atoms with Crippen molar-refractivity contribution in [2.45, 2.75) is 33.2 Å². The Morgan fingerprint density at radius 3 is 2.40 bits per heavy atom. The molecule has 1 rings (SSSR count). The van der Waals surface area contributed by atoms with Crippen LogP contribution in [0.5, 0.6) is 5.75 Å². The summed E-state index contributed by atoms with van der Waals surface area (Å²) in [4.78, 5) is 0. The summed E-state index contributed by atoms with van der Waals surface area (Å²) in [5.74, 6) is 0.948. The van der Waals surface area contributed by atoms with E-state index in [1.807, 2.05) is 19.1 Å². The molecule has 0 radical (unpaired) electrons. The normalized spacial score (nSPS) is 12.5. The van der Waals surface area contributed by atoms with E-state index >= 15 is 0 Å². The van der Waals surface area contributed by atoms with Crippen LogP contribution in [0.4, 0.5) is 0 Å². The third kappa shape index (κ3) is 3.92. The van der Waals surface area contributed by atoms with Gasteiger partial charge in [-0.3, -0.25) is 0 Å². The Morgan fingerprint density at radius 1 is 1.20 bits per heavy atom. The van der Waals surface area contributed by atoms with Crippen molar-refractivity contribution in [1.82, 2.24) is 5.32 Å². The second kappa shape index (κ2) is 6.46. The van der Waals surface area contributed by atoms with Crippen LogP contribution in [0.25, 0.3) is 0 Å². The van der Waals surface area contributed by atoms with Gasteiger partial charge in [-0.1, -0.05) is 19.1 Å². The molecule has 2 heteroatoms. The van der Waals surface area contributed by atoms with E-state index in [9.17, 15) is 0 Å². The van der Waals surface area contributed by atoms with Gasteiger partial charge in [0, 0.05) is 6.04 Å². The highest BCUT2D eigenvalue weighted by Gasteiger charge is 2.03. The molecule has 0 aliphatic heterocycles.